The lowest BCUT2D eigenvalue weighted by Gasteiger charge is -2.09. The zero-order valence-electron chi connectivity index (χ0n) is 14.5. The second kappa shape index (κ2) is 7.64. The third-order valence-electron chi connectivity index (χ3n) is 4.96. The molecule has 1 aliphatic carbocycles. The van der Waals surface area contributed by atoms with E-state index < -0.39 is 0 Å². The van der Waals surface area contributed by atoms with Crippen LogP contribution in [0.4, 0.5) is 0 Å². The molecule has 0 amide bonds. The molecule has 26 heavy (non-hydrogen) atoms. The number of benzene rings is 2. The van der Waals surface area contributed by atoms with Crippen molar-refractivity contribution in [2.45, 2.75) is 20.5 Å². The molecular formula is C21H19Cl3O2. The van der Waals surface area contributed by atoms with Gasteiger partial charge in [-0.15, -0.1) is 0 Å². The fourth-order valence-electron chi connectivity index (χ4n) is 3.34. The smallest absolute Gasteiger partial charge is 0.310 e. The van der Waals surface area contributed by atoms with Crippen molar-refractivity contribution in [2.24, 2.45) is 17.3 Å². The van der Waals surface area contributed by atoms with Crippen molar-refractivity contribution in [2.75, 3.05) is 0 Å². The lowest BCUT2D eigenvalue weighted by atomic mass is 10.0. The zero-order chi connectivity index (χ0) is 18.9. The van der Waals surface area contributed by atoms with E-state index in [4.69, 9.17) is 39.5 Å². The molecule has 2 atom stereocenters. The van der Waals surface area contributed by atoms with Gasteiger partial charge in [-0.2, -0.15) is 0 Å². The number of esters is 1. The Labute approximate surface area is 168 Å². The van der Waals surface area contributed by atoms with Gasteiger partial charge >= 0.3 is 5.97 Å². The number of allylic oxidation sites excluding steroid dienone is 1. The zero-order valence-corrected chi connectivity index (χ0v) is 16.8. The van der Waals surface area contributed by atoms with Crippen LogP contribution in [-0.2, 0) is 16.1 Å². The minimum absolute atomic E-state index is 0.00876. The highest BCUT2D eigenvalue weighted by Gasteiger charge is 2.61. The molecule has 2 nitrogen and oxygen atoms in total. The van der Waals surface area contributed by atoms with Gasteiger partial charge in [-0.25, -0.2) is 0 Å². The Morgan fingerprint density at radius 1 is 1.15 bits per heavy atom. The van der Waals surface area contributed by atoms with E-state index in [1.54, 1.807) is 6.08 Å². The highest BCUT2D eigenvalue weighted by atomic mass is 35.5. The van der Waals surface area contributed by atoms with Gasteiger partial charge in [0.1, 0.15) is 11.1 Å². The molecule has 2 aromatic rings. The number of rotatable bonds is 5. The number of halogens is 3. The summed E-state index contributed by atoms with van der Waals surface area (Å²) in [4.78, 5) is 12.4. The lowest BCUT2D eigenvalue weighted by molar-refractivity contribution is -0.147. The SMILES string of the molecule is CC1(C)[C@H](C(=O)OCc2cccc(-c3ccccc3Cl)c2)[C@@H]1C=C(Cl)Cl. The summed E-state index contributed by atoms with van der Waals surface area (Å²) in [6.45, 7) is 4.23. The summed E-state index contributed by atoms with van der Waals surface area (Å²) in [5.74, 6) is -0.440. The first-order valence-electron chi connectivity index (χ1n) is 8.34. The van der Waals surface area contributed by atoms with E-state index in [1.165, 1.54) is 0 Å². The van der Waals surface area contributed by atoms with Crippen LogP contribution in [0, 0.1) is 17.3 Å². The molecule has 5 heteroatoms. The van der Waals surface area contributed by atoms with E-state index in [-0.39, 0.29) is 34.3 Å². The third kappa shape index (κ3) is 4.09. The monoisotopic (exact) mass is 408 g/mol. The van der Waals surface area contributed by atoms with Crippen LogP contribution in [0.25, 0.3) is 11.1 Å². The molecule has 2 aromatic carbocycles. The molecule has 0 unspecified atom stereocenters. The predicted molar refractivity (Wildman–Crippen MR) is 107 cm³/mol. The Morgan fingerprint density at radius 3 is 2.58 bits per heavy atom. The molecule has 0 radical (unpaired) electrons. The molecule has 0 aliphatic heterocycles. The molecule has 136 valence electrons. The third-order valence-corrected chi connectivity index (χ3v) is 5.54. The summed E-state index contributed by atoms with van der Waals surface area (Å²) in [6.07, 6.45) is 1.72. The van der Waals surface area contributed by atoms with Crippen molar-refractivity contribution in [3.8, 4) is 11.1 Å². The first-order chi connectivity index (χ1) is 12.3. The number of carbonyl (C=O) groups is 1. The van der Waals surface area contributed by atoms with Crippen LogP contribution in [0.1, 0.15) is 19.4 Å². The van der Waals surface area contributed by atoms with Crippen LogP contribution in [0.2, 0.25) is 5.02 Å². The highest BCUT2D eigenvalue weighted by molar-refractivity contribution is 6.55. The van der Waals surface area contributed by atoms with E-state index in [1.807, 2.05) is 62.4 Å². The van der Waals surface area contributed by atoms with Crippen molar-refractivity contribution in [1.82, 2.24) is 0 Å². The van der Waals surface area contributed by atoms with Gasteiger partial charge in [-0.05, 0) is 40.7 Å². The van der Waals surface area contributed by atoms with Gasteiger partial charge in [-0.3, -0.25) is 4.79 Å². The highest BCUT2D eigenvalue weighted by Crippen LogP contribution is 2.60. The minimum atomic E-state index is -0.228. The van der Waals surface area contributed by atoms with Crippen molar-refractivity contribution >= 4 is 40.8 Å². The van der Waals surface area contributed by atoms with Gasteiger partial charge in [0.25, 0.3) is 0 Å². The van der Waals surface area contributed by atoms with Gasteiger partial charge in [0, 0.05) is 10.6 Å². The van der Waals surface area contributed by atoms with Crippen molar-refractivity contribution < 1.29 is 9.53 Å². The maximum atomic E-state index is 12.4. The number of hydrogen-bond donors (Lipinski definition) is 0. The van der Waals surface area contributed by atoms with E-state index in [9.17, 15) is 4.79 Å². The Hall–Kier alpha value is -1.48. The first kappa shape index (κ1) is 19.3. The first-order valence-corrected chi connectivity index (χ1v) is 9.47. The molecule has 3 rings (SSSR count). The van der Waals surface area contributed by atoms with Gasteiger partial charge < -0.3 is 4.74 Å². The van der Waals surface area contributed by atoms with Crippen molar-refractivity contribution in [3.63, 3.8) is 0 Å². The largest absolute Gasteiger partial charge is 0.461 e. The van der Waals surface area contributed by atoms with E-state index in [0.29, 0.717) is 5.02 Å². The molecule has 0 aromatic heterocycles. The van der Waals surface area contributed by atoms with Gasteiger partial charge in [0.05, 0.1) is 5.92 Å². The molecule has 1 saturated carbocycles. The van der Waals surface area contributed by atoms with Crippen LogP contribution in [0.15, 0.2) is 59.1 Å². The van der Waals surface area contributed by atoms with Crippen molar-refractivity contribution in [3.05, 3.63) is 69.7 Å². The summed E-state index contributed by atoms with van der Waals surface area (Å²) >= 11 is 17.7. The fraction of sp³-hybridized carbons (Fsp3) is 0.286. The van der Waals surface area contributed by atoms with Gasteiger partial charge in [0.2, 0.25) is 0 Å². The number of hydrogen-bond acceptors (Lipinski definition) is 2. The Bertz CT molecular complexity index is 854. The fourth-order valence-corrected chi connectivity index (χ4v) is 3.86. The van der Waals surface area contributed by atoms with E-state index in [2.05, 4.69) is 0 Å². The topological polar surface area (TPSA) is 26.3 Å². The van der Waals surface area contributed by atoms with Crippen LogP contribution in [0.5, 0.6) is 0 Å². The lowest BCUT2D eigenvalue weighted by Crippen LogP contribution is -2.10. The second-order valence-electron chi connectivity index (χ2n) is 7.07. The molecule has 1 aliphatic rings. The van der Waals surface area contributed by atoms with Crippen molar-refractivity contribution in [1.29, 1.82) is 0 Å². The Morgan fingerprint density at radius 2 is 1.88 bits per heavy atom. The maximum absolute atomic E-state index is 12.4. The summed E-state index contributed by atoms with van der Waals surface area (Å²) < 4.78 is 5.72. The van der Waals surface area contributed by atoms with Crippen LogP contribution in [0.3, 0.4) is 0 Å². The van der Waals surface area contributed by atoms with E-state index >= 15 is 0 Å². The molecule has 0 N–H and O–H groups in total. The van der Waals surface area contributed by atoms with E-state index in [0.717, 1.165) is 16.7 Å². The Kier molecular flexibility index (Phi) is 5.67. The Balaban J connectivity index is 1.68. The summed E-state index contributed by atoms with van der Waals surface area (Å²) in [6, 6.07) is 15.5. The minimum Gasteiger partial charge on any atom is -0.461 e. The molecule has 1 fully saturated rings. The number of carbonyl (C=O) groups excluding carboxylic acids is 1. The molecule has 0 saturated heterocycles. The predicted octanol–water partition coefficient (Wildman–Crippen LogP) is 6.64. The molecule has 0 bridgehead atoms. The quantitative estimate of drug-likeness (QED) is 0.517. The van der Waals surface area contributed by atoms with Gasteiger partial charge in [0.15, 0.2) is 0 Å². The average Bonchev–Trinajstić information content (AvgIpc) is 3.13. The average molecular weight is 410 g/mol. The normalized spacial score (nSPS) is 20.3. The summed E-state index contributed by atoms with van der Waals surface area (Å²) in [7, 11) is 0. The molecular weight excluding hydrogens is 391 g/mol. The second-order valence-corrected chi connectivity index (χ2v) is 8.48. The number of ether oxygens (including phenoxy) is 1. The van der Waals surface area contributed by atoms with Crippen LogP contribution in [-0.4, -0.2) is 5.97 Å². The van der Waals surface area contributed by atoms with Crippen LogP contribution < -0.4 is 0 Å². The molecule has 0 spiro atoms. The molecule has 0 heterocycles. The summed E-state index contributed by atoms with van der Waals surface area (Å²) in [5.41, 5.74) is 2.67. The summed E-state index contributed by atoms with van der Waals surface area (Å²) in [5, 5.41) is 0.689. The standard InChI is InChI=1S/C21H19Cl3O2/c1-21(2)16(11-18(23)24)19(21)20(25)26-12-13-6-5-7-14(10-13)15-8-3-4-9-17(15)22/h3-11,16,19H,12H2,1-2H3/t16-,19-/m0/s1. The maximum Gasteiger partial charge on any atom is 0.310 e. The van der Waals surface area contributed by atoms with Crippen LogP contribution >= 0.6 is 34.8 Å². The van der Waals surface area contributed by atoms with Gasteiger partial charge in [-0.1, -0.05) is 85.0 Å².